The van der Waals surface area contributed by atoms with Crippen LogP contribution in [-0.2, 0) is 9.59 Å². The maximum atomic E-state index is 13.4. The molecule has 2 aliphatic rings. The van der Waals surface area contributed by atoms with Gasteiger partial charge in [-0.1, -0.05) is 64.7 Å². The van der Waals surface area contributed by atoms with Crippen molar-refractivity contribution in [2.75, 3.05) is 0 Å². The lowest BCUT2D eigenvalue weighted by Gasteiger charge is -2.36. The second-order valence-corrected chi connectivity index (χ2v) is 8.84. The van der Waals surface area contributed by atoms with Crippen molar-refractivity contribution in [1.82, 2.24) is 5.32 Å². The maximum Gasteiger partial charge on any atom is 0.223 e. The molecule has 2 aliphatic carbocycles. The molecule has 0 bridgehead atoms. The van der Waals surface area contributed by atoms with Crippen LogP contribution in [0.3, 0.4) is 0 Å². The van der Waals surface area contributed by atoms with Gasteiger partial charge in [-0.25, -0.2) is 0 Å². The van der Waals surface area contributed by atoms with Gasteiger partial charge in [-0.15, -0.1) is 0 Å². The van der Waals surface area contributed by atoms with Gasteiger partial charge in [0.25, 0.3) is 0 Å². The lowest BCUT2D eigenvalue weighted by molar-refractivity contribution is -0.137. The van der Waals surface area contributed by atoms with Gasteiger partial charge in [0.2, 0.25) is 5.91 Å². The van der Waals surface area contributed by atoms with E-state index in [0.717, 1.165) is 51.4 Å². The van der Waals surface area contributed by atoms with E-state index in [1.807, 2.05) is 13.8 Å². The fourth-order valence-electron chi connectivity index (χ4n) is 4.66. The number of carbonyl (C=O) groups excluding carboxylic acids is 2. The van der Waals surface area contributed by atoms with Gasteiger partial charge in [-0.2, -0.15) is 0 Å². The Morgan fingerprint density at radius 1 is 0.885 bits per heavy atom. The zero-order valence-corrected chi connectivity index (χ0v) is 17.0. The minimum Gasteiger partial charge on any atom is -0.344 e. The zero-order valence-electron chi connectivity index (χ0n) is 17.0. The lowest BCUT2D eigenvalue weighted by atomic mass is 9.76. The molecule has 0 saturated heterocycles. The molecule has 0 heterocycles. The third kappa shape index (κ3) is 5.80. The van der Waals surface area contributed by atoms with Crippen LogP contribution in [0.4, 0.5) is 0 Å². The molecule has 3 unspecified atom stereocenters. The van der Waals surface area contributed by atoms with Gasteiger partial charge in [0.1, 0.15) is 0 Å². The topological polar surface area (TPSA) is 72.2 Å². The first-order valence-corrected chi connectivity index (χ1v) is 11.1. The highest BCUT2D eigenvalue weighted by Gasteiger charge is 2.40. The van der Waals surface area contributed by atoms with Crippen molar-refractivity contribution in [3.8, 4) is 0 Å². The Kier molecular flexibility index (Phi) is 8.59. The standard InChI is InChI=1S/C22H40N2O2/c1-3-22(2,20(25)18-15-11-7-8-12-16-19(18)23)24-21(26)17-13-9-5-4-6-10-14-17/h17-19H,3-16,23H2,1-2H3,(H,24,26). The number of amides is 1. The molecule has 3 N–H and O–H groups in total. The second-order valence-electron chi connectivity index (χ2n) is 8.84. The summed E-state index contributed by atoms with van der Waals surface area (Å²) >= 11 is 0. The van der Waals surface area contributed by atoms with E-state index < -0.39 is 5.54 Å². The number of nitrogens with one attached hydrogen (secondary N) is 1. The summed E-state index contributed by atoms with van der Waals surface area (Å²) in [6.07, 6.45) is 14.9. The van der Waals surface area contributed by atoms with Crippen LogP contribution in [0.1, 0.15) is 104 Å². The first-order chi connectivity index (χ1) is 12.5. The maximum absolute atomic E-state index is 13.4. The van der Waals surface area contributed by atoms with Gasteiger partial charge in [0, 0.05) is 17.9 Å². The average molecular weight is 365 g/mol. The van der Waals surface area contributed by atoms with E-state index in [1.54, 1.807) is 0 Å². The molecular weight excluding hydrogens is 324 g/mol. The first kappa shape index (κ1) is 21.4. The van der Waals surface area contributed by atoms with Crippen molar-refractivity contribution >= 4 is 11.7 Å². The second kappa shape index (κ2) is 10.4. The van der Waals surface area contributed by atoms with Crippen molar-refractivity contribution in [3.63, 3.8) is 0 Å². The quantitative estimate of drug-likeness (QED) is 0.754. The summed E-state index contributed by atoms with van der Waals surface area (Å²) in [5.74, 6) is 0.204. The minimum atomic E-state index is -0.777. The summed E-state index contributed by atoms with van der Waals surface area (Å²) in [5.41, 5.74) is 5.60. The van der Waals surface area contributed by atoms with Gasteiger partial charge < -0.3 is 11.1 Å². The van der Waals surface area contributed by atoms with Gasteiger partial charge in [0.15, 0.2) is 5.78 Å². The Labute approximate surface area is 160 Å². The van der Waals surface area contributed by atoms with E-state index in [-0.39, 0.29) is 29.6 Å². The van der Waals surface area contributed by atoms with Crippen molar-refractivity contribution in [2.45, 2.75) is 115 Å². The van der Waals surface area contributed by atoms with E-state index >= 15 is 0 Å². The number of ketones is 1. The van der Waals surface area contributed by atoms with Gasteiger partial charge in [0.05, 0.1) is 5.54 Å². The van der Waals surface area contributed by atoms with E-state index in [4.69, 9.17) is 5.73 Å². The summed E-state index contributed by atoms with van der Waals surface area (Å²) in [4.78, 5) is 26.3. The largest absolute Gasteiger partial charge is 0.344 e. The third-order valence-corrected chi connectivity index (χ3v) is 6.78. The van der Waals surface area contributed by atoms with Gasteiger partial charge in [-0.3, -0.25) is 9.59 Å². The summed E-state index contributed by atoms with van der Waals surface area (Å²) in [7, 11) is 0. The van der Waals surface area contributed by atoms with Crippen LogP contribution in [0, 0.1) is 11.8 Å². The van der Waals surface area contributed by atoms with Crippen molar-refractivity contribution in [3.05, 3.63) is 0 Å². The molecule has 2 fully saturated rings. The number of carbonyl (C=O) groups is 2. The van der Waals surface area contributed by atoms with Crippen molar-refractivity contribution in [1.29, 1.82) is 0 Å². The van der Waals surface area contributed by atoms with Crippen LogP contribution in [0.25, 0.3) is 0 Å². The molecule has 0 aromatic rings. The van der Waals surface area contributed by atoms with E-state index in [1.165, 1.54) is 32.1 Å². The van der Waals surface area contributed by atoms with Crippen LogP contribution in [0.5, 0.6) is 0 Å². The van der Waals surface area contributed by atoms with Crippen LogP contribution in [-0.4, -0.2) is 23.3 Å². The normalized spacial score (nSPS) is 28.7. The van der Waals surface area contributed by atoms with Crippen LogP contribution in [0.15, 0.2) is 0 Å². The average Bonchev–Trinajstić information content (AvgIpc) is 2.57. The summed E-state index contributed by atoms with van der Waals surface area (Å²) in [5, 5.41) is 3.17. The molecule has 0 aromatic carbocycles. The fraction of sp³-hybridized carbons (Fsp3) is 0.909. The molecule has 3 atom stereocenters. The summed E-state index contributed by atoms with van der Waals surface area (Å²) in [6, 6.07) is -0.0630. The Morgan fingerprint density at radius 2 is 1.38 bits per heavy atom. The van der Waals surface area contributed by atoms with E-state index in [9.17, 15) is 9.59 Å². The fourth-order valence-corrected chi connectivity index (χ4v) is 4.66. The highest BCUT2D eigenvalue weighted by molar-refractivity contribution is 5.95. The van der Waals surface area contributed by atoms with Crippen LogP contribution < -0.4 is 11.1 Å². The Balaban J connectivity index is 2.04. The molecule has 0 aromatic heterocycles. The first-order valence-electron chi connectivity index (χ1n) is 11.1. The number of hydrogen-bond acceptors (Lipinski definition) is 3. The Morgan fingerprint density at radius 3 is 1.96 bits per heavy atom. The van der Waals surface area contributed by atoms with E-state index in [2.05, 4.69) is 5.32 Å². The predicted octanol–water partition coefficient (Wildman–Crippen LogP) is 4.50. The molecular formula is C22H40N2O2. The van der Waals surface area contributed by atoms with Gasteiger partial charge in [-0.05, 0) is 39.0 Å². The SMILES string of the molecule is CCC(C)(NC(=O)C1CCCCCCC1)C(=O)C1CCCCCCC1N. The van der Waals surface area contributed by atoms with Crippen LogP contribution >= 0.6 is 0 Å². The monoisotopic (exact) mass is 364 g/mol. The highest BCUT2D eigenvalue weighted by atomic mass is 16.2. The molecule has 0 aliphatic heterocycles. The highest BCUT2D eigenvalue weighted by Crippen LogP contribution is 2.29. The summed E-state index contributed by atoms with van der Waals surface area (Å²) in [6.45, 7) is 3.92. The Bertz CT molecular complexity index is 457. The van der Waals surface area contributed by atoms with Gasteiger partial charge >= 0.3 is 0 Å². The number of nitrogens with two attached hydrogens (primary N) is 1. The summed E-state index contributed by atoms with van der Waals surface area (Å²) < 4.78 is 0. The molecule has 4 heteroatoms. The third-order valence-electron chi connectivity index (χ3n) is 6.78. The molecule has 1 amide bonds. The molecule has 2 rings (SSSR count). The minimum absolute atomic E-state index is 0.0630. The zero-order chi connectivity index (χ0) is 19.0. The Hall–Kier alpha value is -0.900. The molecule has 2 saturated carbocycles. The molecule has 0 spiro atoms. The smallest absolute Gasteiger partial charge is 0.223 e. The number of rotatable bonds is 5. The lowest BCUT2D eigenvalue weighted by Crippen LogP contribution is -2.57. The number of Topliss-reactive ketones (excluding diaryl/α,β-unsaturated/α-hetero) is 1. The predicted molar refractivity (Wildman–Crippen MR) is 107 cm³/mol. The van der Waals surface area contributed by atoms with Crippen LogP contribution in [0.2, 0.25) is 0 Å². The number of hydrogen-bond donors (Lipinski definition) is 2. The van der Waals surface area contributed by atoms with Crippen molar-refractivity contribution in [2.24, 2.45) is 17.6 Å². The molecule has 0 radical (unpaired) electrons. The van der Waals surface area contributed by atoms with E-state index in [0.29, 0.717) is 6.42 Å². The van der Waals surface area contributed by atoms with Crippen molar-refractivity contribution < 1.29 is 9.59 Å². The molecule has 150 valence electrons. The molecule has 26 heavy (non-hydrogen) atoms. The molecule has 4 nitrogen and oxygen atoms in total.